The third-order valence-corrected chi connectivity index (χ3v) is 3.04. The molecule has 0 bridgehead atoms. The van der Waals surface area contributed by atoms with E-state index in [4.69, 9.17) is 0 Å². The van der Waals surface area contributed by atoms with Gasteiger partial charge in [-0.25, -0.2) is 0 Å². The van der Waals surface area contributed by atoms with E-state index < -0.39 is 0 Å². The normalized spacial score (nSPS) is 12.0. The molecule has 106 valence electrons. The van der Waals surface area contributed by atoms with Gasteiger partial charge in [0.25, 0.3) is 5.91 Å². The average molecular weight is 283 g/mol. The summed E-state index contributed by atoms with van der Waals surface area (Å²) in [6.07, 6.45) is 1.50. The second-order valence-electron chi connectivity index (χ2n) is 4.49. The number of H-pyrrole nitrogens is 2. The predicted octanol–water partition coefficient (Wildman–Crippen LogP) is 1.08. The molecule has 0 aliphatic heterocycles. The molecule has 3 N–H and O–H groups in total. The predicted molar refractivity (Wildman–Crippen MR) is 74.1 cm³/mol. The molecule has 2 heterocycles. The largest absolute Gasteiger partial charge is 0.342 e. The molecule has 8 heteroatoms. The first-order valence-corrected chi connectivity index (χ1v) is 6.38. The van der Waals surface area contributed by atoms with E-state index in [1.807, 2.05) is 30.3 Å². The average Bonchev–Trinajstić information content (AvgIpc) is 3.19. The molecule has 0 aliphatic rings. The maximum absolute atomic E-state index is 12.3. The first-order valence-electron chi connectivity index (χ1n) is 6.38. The van der Waals surface area contributed by atoms with Crippen LogP contribution in [0.4, 0.5) is 0 Å². The zero-order chi connectivity index (χ0) is 14.7. The van der Waals surface area contributed by atoms with E-state index >= 15 is 0 Å². The van der Waals surface area contributed by atoms with Crippen molar-refractivity contribution in [1.82, 2.24) is 36.1 Å². The Hall–Kier alpha value is -3.03. The second kappa shape index (κ2) is 5.53. The van der Waals surface area contributed by atoms with Crippen molar-refractivity contribution < 1.29 is 4.79 Å². The minimum Gasteiger partial charge on any atom is -0.342 e. The summed E-state index contributed by atoms with van der Waals surface area (Å²) >= 11 is 0. The van der Waals surface area contributed by atoms with Crippen molar-refractivity contribution in [2.45, 2.75) is 13.0 Å². The highest BCUT2D eigenvalue weighted by molar-refractivity contribution is 5.99. The number of hydrogen-bond donors (Lipinski definition) is 3. The standard InChI is InChI=1S/C13H13N7O/c1-8(12-17-19-20-18-12)15-13(21)10-7-14-16-11(10)9-5-3-2-4-6-9/h2-8H,1H3,(H,14,16)(H,15,21)(H,17,18,19,20). The summed E-state index contributed by atoms with van der Waals surface area (Å²) in [6, 6.07) is 9.19. The van der Waals surface area contributed by atoms with Crippen molar-refractivity contribution in [3.05, 3.63) is 47.9 Å². The fourth-order valence-electron chi connectivity index (χ4n) is 1.98. The molecule has 21 heavy (non-hydrogen) atoms. The molecule has 1 amide bonds. The van der Waals surface area contributed by atoms with Gasteiger partial charge in [0.05, 0.1) is 23.5 Å². The van der Waals surface area contributed by atoms with Gasteiger partial charge in [-0.1, -0.05) is 35.5 Å². The van der Waals surface area contributed by atoms with Crippen LogP contribution < -0.4 is 5.32 Å². The van der Waals surface area contributed by atoms with Crippen molar-refractivity contribution in [2.75, 3.05) is 0 Å². The van der Waals surface area contributed by atoms with Gasteiger partial charge in [-0.2, -0.15) is 10.3 Å². The fraction of sp³-hybridized carbons (Fsp3) is 0.154. The maximum atomic E-state index is 12.3. The topological polar surface area (TPSA) is 112 Å². The van der Waals surface area contributed by atoms with Gasteiger partial charge in [-0.15, -0.1) is 10.2 Å². The highest BCUT2D eigenvalue weighted by atomic mass is 16.1. The molecular formula is C13H13N7O. The van der Waals surface area contributed by atoms with Gasteiger partial charge >= 0.3 is 0 Å². The summed E-state index contributed by atoms with van der Waals surface area (Å²) in [5.74, 6) is 0.174. The van der Waals surface area contributed by atoms with Crippen LogP contribution in [-0.2, 0) is 0 Å². The van der Waals surface area contributed by atoms with Crippen molar-refractivity contribution in [2.24, 2.45) is 0 Å². The summed E-state index contributed by atoms with van der Waals surface area (Å²) < 4.78 is 0. The number of aromatic nitrogens is 6. The number of amides is 1. The van der Waals surface area contributed by atoms with Gasteiger partial charge in [0.1, 0.15) is 0 Å². The monoisotopic (exact) mass is 283 g/mol. The lowest BCUT2D eigenvalue weighted by Crippen LogP contribution is -2.27. The van der Waals surface area contributed by atoms with Crippen LogP contribution in [0.2, 0.25) is 0 Å². The molecule has 0 saturated carbocycles. The van der Waals surface area contributed by atoms with Gasteiger partial charge < -0.3 is 5.32 Å². The summed E-state index contributed by atoms with van der Waals surface area (Å²) in [6.45, 7) is 1.78. The Labute approximate surface area is 120 Å². The lowest BCUT2D eigenvalue weighted by Gasteiger charge is -2.10. The lowest BCUT2D eigenvalue weighted by atomic mass is 10.1. The van der Waals surface area contributed by atoms with Crippen molar-refractivity contribution >= 4 is 5.91 Å². The van der Waals surface area contributed by atoms with Crippen LogP contribution in [0.1, 0.15) is 29.1 Å². The molecular weight excluding hydrogens is 270 g/mol. The minimum atomic E-state index is -0.352. The van der Waals surface area contributed by atoms with Crippen LogP contribution in [0.3, 0.4) is 0 Å². The molecule has 3 rings (SSSR count). The lowest BCUT2D eigenvalue weighted by molar-refractivity contribution is 0.0939. The van der Waals surface area contributed by atoms with Crippen LogP contribution in [0.25, 0.3) is 11.3 Å². The fourth-order valence-corrected chi connectivity index (χ4v) is 1.98. The Kier molecular flexibility index (Phi) is 3.42. The van der Waals surface area contributed by atoms with Crippen LogP contribution in [0.5, 0.6) is 0 Å². The molecule has 0 aliphatic carbocycles. The second-order valence-corrected chi connectivity index (χ2v) is 4.49. The van der Waals surface area contributed by atoms with Crippen molar-refractivity contribution in [1.29, 1.82) is 0 Å². The third kappa shape index (κ3) is 2.64. The highest BCUT2D eigenvalue weighted by Crippen LogP contribution is 2.21. The Bertz CT molecular complexity index is 720. The molecule has 1 aromatic carbocycles. The molecule has 0 saturated heterocycles. The minimum absolute atomic E-state index is 0.250. The number of aromatic amines is 2. The summed E-state index contributed by atoms with van der Waals surface area (Å²) in [5.41, 5.74) is 2.04. The Morgan fingerprint density at radius 2 is 2.10 bits per heavy atom. The van der Waals surface area contributed by atoms with E-state index in [0.29, 0.717) is 17.1 Å². The molecule has 3 aromatic rings. The van der Waals surface area contributed by atoms with E-state index in [0.717, 1.165) is 5.56 Å². The molecule has 1 atom stereocenters. The number of benzene rings is 1. The van der Waals surface area contributed by atoms with Crippen LogP contribution >= 0.6 is 0 Å². The molecule has 0 spiro atoms. The number of tetrazole rings is 1. The van der Waals surface area contributed by atoms with E-state index in [9.17, 15) is 4.79 Å². The SMILES string of the molecule is CC(NC(=O)c1cn[nH]c1-c1ccccc1)c1nn[nH]n1. The number of nitrogens with one attached hydrogen (secondary N) is 3. The number of carbonyl (C=O) groups excluding carboxylic acids is 1. The zero-order valence-electron chi connectivity index (χ0n) is 11.2. The molecule has 0 fully saturated rings. The molecule has 0 radical (unpaired) electrons. The van der Waals surface area contributed by atoms with E-state index in [1.165, 1.54) is 6.20 Å². The van der Waals surface area contributed by atoms with E-state index in [1.54, 1.807) is 6.92 Å². The van der Waals surface area contributed by atoms with Crippen LogP contribution in [-0.4, -0.2) is 36.7 Å². The van der Waals surface area contributed by atoms with Crippen LogP contribution in [0, 0.1) is 0 Å². The Morgan fingerprint density at radius 3 is 2.81 bits per heavy atom. The number of rotatable bonds is 4. The first-order chi connectivity index (χ1) is 10.3. The van der Waals surface area contributed by atoms with Gasteiger partial charge in [-0.05, 0) is 6.92 Å². The zero-order valence-corrected chi connectivity index (χ0v) is 11.2. The smallest absolute Gasteiger partial charge is 0.255 e. The molecule has 1 unspecified atom stereocenters. The number of nitrogens with zero attached hydrogens (tertiary/aromatic N) is 4. The summed E-state index contributed by atoms with van der Waals surface area (Å²) in [7, 11) is 0. The quantitative estimate of drug-likeness (QED) is 0.663. The van der Waals surface area contributed by atoms with Crippen molar-refractivity contribution in [3.63, 3.8) is 0 Å². The van der Waals surface area contributed by atoms with E-state index in [2.05, 4.69) is 36.1 Å². The molecule has 2 aromatic heterocycles. The highest BCUT2D eigenvalue weighted by Gasteiger charge is 2.19. The van der Waals surface area contributed by atoms with E-state index in [-0.39, 0.29) is 11.9 Å². The van der Waals surface area contributed by atoms with Crippen LogP contribution in [0.15, 0.2) is 36.5 Å². The van der Waals surface area contributed by atoms with Gasteiger partial charge in [-0.3, -0.25) is 9.89 Å². The summed E-state index contributed by atoms with van der Waals surface area (Å²) in [5, 5.41) is 23.1. The summed E-state index contributed by atoms with van der Waals surface area (Å²) in [4.78, 5) is 12.3. The number of carbonyl (C=O) groups is 1. The third-order valence-electron chi connectivity index (χ3n) is 3.04. The van der Waals surface area contributed by atoms with Gasteiger partial charge in [0.2, 0.25) is 0 Å². The Balaban J connectivity index is 1.82. The first kappa shape index (κ1) is 13.0. The molecule has 8 nitrogen and oxygen atoms in total. The maximum Gasteiger partial charge on any atom is 0.255 e. The van der Waals surface area contributed by atoms with Crippen molar-refractivity contribution in [3.8, 4) is 11.3 Å². The Morgan fingerprint density at radius 1 is 1.29 bits per heavy atom. The van der Waals surface area contributed by atoms with Gasteiger partial charge in [0.15, 0.2) is 5.82 Å². The number of hydrogen-bond acceptors (Lipinski definition) is 5. The van der Waals surface area contributed by atoms with Gasteiger partial charge in [0, 0.05) is 5.56 Å².